The maximum Gasteiger partial charge on any atom is 0.0702 e. The fourth-order valence-electron chi connectivity index (χ4n) is 12.5. The van der Waals surface area contributed by atoms with Crippen molar-refractivity contribution in [3.63, 3.8) is 0 Å². The summed E-state index contributed by atoms with van der Waals surface area (Å²) in [5.74, 6) is 0. The third-order valence-corrected chi connectivity index (χ3v) is 16.1. The van der Waals surface area contributed by atoms with Gasteiger partial charge in [-0.2, -0.15) is 0 Å². The summed E-state index contributed by atoms with van der Waals surface area (Å²) in [6, 6.07) is 108. The third-order valence-electron chi connectivity index (χ3n) is 16.1. The lowest BCUT2D eigenvalue weighted by atomic mass is 9.82. The van der Waals surface area contributed by atoms with Crippen LogP contribution in [0.3, 0.4) is 0 Å². The second kappa shape index (κ2) is 18.9. The lowest BCUT2D eigenvalue weighted by Crippen LogP contribution is -1.94. The molecule has 0 fully saturated rings. The van der Waals surface area contributed by atoms with Crippen molar-refractivity contribution >= 4 is 64.6 Å². The molecule has 1 aromatic heterocycles. The lowest BCUT2D eigenvalue weighted by molar-refractivity contribution is 1.33. The van der Waals surface area contributed by atoms with Gasteiger partial charge in [0.15, 0.2) is 0 Å². The average molecular weight is 988 g/mol. The molecule has 0 unspecified atom stereocenters. The summed E-state index contributed by atoms with van der Waals surface area (Å²) in [5.41, 5.74) is 18.6. The van der Waals surface area contributed by atoms with Gasteiger partial charge in [-0.15, -0.1) is 0 Å². The average Bonchev–Trinajstić information content (AvgIpc) is 3.60. The van der Waals surface area contributed by atoms with Gasteiger partial charge in [-0.25, -0.2) is 0 Å². The first kappa shape index (κ1) is 45.2. The SMILES string of the molecule is c1ccc(-c2cccc(-c3cc(-c4c(-c5cccc6ccccc56)ccc5ccc(-c6cccc7ccccc67)cc45)cc(-c4ccc(-c5cccc6ccccc56)c5c(-c6cccc7ccccc67)cccc45)c3)c2)nc1. The van der Waals surface area contributed by atoms with Gasteiger partial charge in [-0.3, -0.25) is 4.98 Å². The van der Waals surface area contributed by atoms with Gasteiger partial charge in [0.25, 0.3) is 0 Å². The highest BCUT2D eigenvalue weighted by Crippen LogP contribution is 2.48. The van der Waals surface area contributed by atoms with Crippen LogP contribution in [-0.2, 0) is 0 Å². The number of rotatable bonds is 8. The van der Waals surface area contributed by atoms with Crippen molar-refractivity contribution in [3.05, 3.63) is 297 Å². The molecule has 15 rings (SSSR count). The summed E-state index contributed by atoms with van der Waals surface area (Å²) in [6.45, 7) is 0. The van der Waals surface area contributed by atoms with Crippen LogP contribution in [0.4, 0.5) is 0 Å². The largest absolute Gasteiger partial charge is 0.256 e. The standard InChI is InChI=1S/C77H49N/c1-5-27-61-50(17-1)21-12-31-65(61)56-39-38-54-40-41-72(68-33-14-23-52-19-3-7-29-63(52)68)76(74(54)49-56)60-47-58(55-25-11-26-57(45-55)75-37-9-10-44-78-75)46-59(48-60)66-42-43-73(69-34-15-24-53-20-4-8-30-64(53)69)77-70(66)35-16-36-71(77)67-32-13-22-51-18-2-6-28-62(51)67/h1-49H. The highest BCUT2D eigenvalue weighted by atomic mass is 14.7. The van der Waals surface area contributed by atoms with Crippen LogP contribution in [0, 0.1) is 0 Å². The highest BCUT2D eigenvalue weighted by Gasteiger charge is 2.21. The molecule has 0 bridgehead atoms. The minimum absolute atomic E-state index is 0.944. The molecule has 14 aromatic carbocycles. The van der Waals surface area contributed by atoms with Gasteiger partial charge in [-0.1, -0.05) is 249 Å². The Hall–Kier alpha value is -10.2. The Kier molecular flexibility index (Phi) is 10.9. The molecule has 78 heavy (non-hydrogen) atoms. The first-order valence-corrected chi connectivity index (χ1v) is 26.9. The van der Waals surface area contributed by atoms with E-state index in [4.69, 9.17) is 4.98 Å². The second-order valence-electron chi connectivity index (χ2n) is 20.5. The zero-order valence-electron chi connectivity index (χ0n) is 42.7. The first-order chi connectivity index (χ1) is 38.7. The second-order valence-corrected chi connectivity index (χ2v) is 20.5. The summed E-state index contributed by atoms with van der Waals surface area (Å²) in [5, 5.41) is 14.6. The summed E-state index contributed by atoms with van der Waals surface area (Å²) >= 11 is 0. The Labute approximate surface area is 453 Å². The van der Waals surface area contributed by atoms with Crippen LogP contribution < -0.4 is 0 Å². The Morgan fingerprint density at radius 1 is 0.192 bits per heavy atom. The van der Waals surface area contributed by atoms with E-state index in [2.05, 4.69) is 285 Å². The van der Waals surface area contributed by atoms with E-state index < -0.39 is 0 Å². The predicted octanol–water partition coefficient (Wildman–Crippen LogP) is 21.3. The van der Waals surface area contributed by atoms with Crippen LogP contribution in [0.15, 0.2) is 297 Å². The smallest absolute Gasteiger partial charge is 0.0702 e. The van der Waals surface area contributed by atoms with E-state index in [-0.39, 0.29) is 0 Å². The molecule has 1 nitrogen and oxygen atoms in total. The van der Waals surface area contributed by atoms with Crippen molar-refractivity contribution in [2.75, 3.05) is 0 Å². The van der Waals surface area contributed by atoms with Gasteiger partial charge in [0.1, 0.15) is 0 Å². The molecule has 0 radical (unpaired) electrons. The maximum absolute atomic E-state index is 4.81. The van der Waals surface area contributed by atoms with Gasteiger partial charge in [0.2, 0.25) is 0 Å². The van der Waals surface area contributed by atoms with E-state index in [9.17, 15) is 0 Å². The third kappa shape index (κ3) is 7.75. The molecule has 0 aliphatic heterocycles. The predicted molar refractivity (Wildman–Crippen MR) is 333 cm³/mol. The van der Waals surface area contributed by atoms with Crippen LogP contribution >= 0.6 is 0 Å². The summed E-state index contributed by atoms with van der Waals surface area (Å²) < 4.78 is 0. The molecule has 0 amide bonds. The number of aromatic nitrogens is 1. The van der Waals surface area contributed by atoms with E-state index in [0.717, 1.165) is 33.5 Å². The molecule has 1 heteroatoms. The molecule has 0 aliphatic rings. The van der Waals surface area contributed by atoms with Gasteiger partial charge in [0, 0.05) is 11.8 Å². The van der Waals surface area contributed by atoms with Gasteiger partial charge in [-0.05, 0) is 185 Å². The fourth-order valence-corrected chi connectivity index (χ4v) is 12.5. The van der Waals surface area contributed by atoms with Crippen LogP contribution in [0.25, 0.3) is 154 Å². The van der Waals surface area contributed by atoms with Gasteiger partial charge < -0.3 is 0 Å². The normalized spacial score (nSPS) is 11.6. The minimum Gasteiger partial charge on any atom is -0.256 e. The van der Waals surface area contributed by atoms with Gasteiger partial charge >= 0.3 is 0 Å². The fraction of sp³-hybridized carbons (Fsp3) is 0. The Balaban J connectivity index is 1.05. The molecule has 0 saturated heterocycles. The molecule has 0 aliphatic carbocycles. The number of benzene rings is 14. The zero-order valence-corrected chi connectivity index (χ0v) is 42.7. The molecule has 0 saturated carbocycles. The molecular weight excluding hydrogens is 939 g/mol. The van der Waals surface area contributed by atoms with Crippen molar-refractivity contribution in [2.24, 2.45) is 0 Å². The van der Waals surface area contributed by atoms with E-state index >= 15 is 0 Å². The highest BCUT2D eigenvalue weighted by molar-refractivity contribution is 6.18. The summed E-state index contributed by atoms with van der Waals surface area (Å²) in [7, 11) is 0. The molecule has 362 valence electrons. The molecule has 15 aromatic rings. The van der Waals surface area contributed by atoms with Crippen molar-refractivity contribution < 1.29 is 0 Å². The molecule has 0 spiro atoms. The summed E-state index contributed by atoms with van der Waals surface area (Å²) in [4.78, 5) is 4.81. The summed E-state index contributed by atoms with van der Waals surface area (Å²) in [6.07, 6.45) is 1.88. The molecular formula is C77H49N. The van der Waals surface area contributed by atoms with Crippen LogP contribution in [0.2, 0.25) is 0 Å². The van der Waals surface area contributed by atoms with E-state index in [1.54, 1.807) is 0 Å². The Morgan fingerprint density at radius 2 is 0.603 bits per heavy atom. The van der Waals surface area contributed by atoms with Crippen LogP contribution in [0.5, 0.6) is 0 Å². The number of hydrogen-bond donors (Lipinski definition) is 0. The minimum atomic E-state index is 0.944. The van der Waals surface area contributed by atoms with Crippen molar-refractivity contribution in [2.45, 2.75) is 0 Å². The number of nitrogens with zero attached hydrogens (tertiary/aromatic N) is 1. The van der Waals surface area contributed by atoms with E-state index in [1.165, 1.54) is 120 Å². The zero-order chi connectivity index (χ0) is 51.5. The van der Waals surface area contributed by atoms with Crippen LogP contribution in [0.1, 0.15) is 0 Å². The molecule has 0 atom stereocenters. The Morgan fingerprint density at radius 3 is 1.24 bits per heavy atom. The van der Waals surface area contributed by atoms with E-state index in [0.29, 0.717) is 0 Å². The molecule has 1 heterocycles. The topological polar surface area (TPSA) is 12.9 Å². The number of fused-ring (bicyclic) bond motifs is 6. The quantitative estimate of drug-likeness (QED) is 0.148. The molecule has 0 N–H and O–H groups in total. The Bertz CT molecular complexity index is 4740. The first-order valence-electron chi connectivity index (χ1n) is 26.9. The number of hydrogen-bond acceptors (Lipinski definition) is 1. The van der Waals surface area contributed by atoms with Crippen LogP contribution in [-0.4, -0.2) is 4.98 Å². The number of pyridine rings is 1. The lowest BCUT2D eigenvalue weighted by Gasteiger charge is -2.21. The monoisotopic (exact) mass is 987 g/mol. The van der Waals surface area contributed by atoms with Crippen molar-refractivity contribution in [1.29, 1.82) is 0 Å². The van der Waals surface area contributed by atoms with Crippen molar-refractivity contribution in [1.82, 2.24) is 4.98 Å². The maximum atomic E-state index is 4.81. The van der Waals surface area contributed by atoms with Crippen molar-refractivity contribution in [3.8, 4) is 89.1 Å². The van der Waals surface area contributed by atoms with Gasteiger partial charge in [0.05, 0.1) is 5.69 Å². The van der Waals surface area contributed by atoms with E-state index in [1.807, 2.05) is 12.3 Å².